The number of nitrogens with zero attached hydrogens (tertiary/aromatic N) is 1. The van der Waals surface area contributed by atoms with Gasteiger partial charge in [-0.3, -0.25) is 9.59 Å². The van der Waals surface area contributed by atoms with Gasteiger partial charge in [-0.2, -0.15) is 26.3 Å². The van der Waals surface area contributed by atoms with Gasteiger partial charge in [0.2, 0.25) is 0 Å². The Labute approximate surface area is 155 Å². The topological polar surface area (TPSA) is 110 Å². The minimum absolute atomic E-state index is 0.00830. The predicted molar refractivity (Wildman–Crippen MR) is 80.8 cm³/mol. The molecule has 0 fully saturated rings. The van der Waals surface area contributed by atoms with Gasteiger partial charge in [0.15, 0.2) is 5.76 Å². The summed E-state index contributed by atoms with van der Waals surface area (Å²) in [5, 5.41) is 13.1. The summed E-state index contributed by atoms with van der Waals surface area (Å²) in [5.74, 6) is -4.90. The van der Waals surface area contributed by atoms with Crippen molar-refractivity contribution in [3.05, 3.63) is 39.9 Å². The van der Waals surface area contributed by atoms with Crippen molar-refractivity contribution in [2.75, 3.05) is 0 Å². The zero-order valence-electron chi connectivity index (χ0n) is 13.6. The number of amides is 1. The maximum absolute atomic E-state index is 12.3. The second-order valence-electron chi connectivity index (χ2n) is 4.90. The van der Waals surface area contributed by atoms with Crippen LogP contribution in [0.2, 0.25) is 0 Å². The summed E-state index contributed by atoms with van der Waals surface area (Å²) in [6.07, 6.45) is -8.63. The molecular weight excluding hydrogens is 422 g/mol. The van der Waals surface area contributed by atoms with Crippen molar-refractivity contribution in [3.8, 4) is 0 Å². The van der Waals surface area contributed by atoms with Crippen molar-refractivity contribution in [1.82, 2.24) is 10.5 Å². The molecule has 0 bridgehead atoms. The van der Waals surface area contributed by atoms with Crippen molar-refractivity contribution < 1.29 is 50.4 Å². The zero-order chi connectivity index (χ0) is 21.7. The molecular formula is C14H10F6N2O5S. The molecule has 0 aliphatic heterocycles. The Morgan fingerprint density at radius 2 is 1.61 bits per heavy atom. The molecule has 0 radical (unpaired) electrons. The van der Waals surface area contributed by atoms with Crippen molar-refractivity contribution in [3.63, 3.8) is 0 Å². The van der Waals surface area contributed by atoms with Crippen LogP contribution >= 0.6 is 11.3 Å². The van der Waals surface area contributed by atoms with Crippen LogP contribution in [0.1, 0.15) is 38.1 Å². The van der Waals surface area contributed by atoms with Crippen LogP contribution in [0.5, 0.6) is 0 Å². The van der Waals surface area contributed by atoms with Crippen LogP contribution in [-0.4, -0.2) is 40.3 Å². The molecule has 7 nitrogen and oxygen atoms in total. The molecule has 2 rings (SSSR count). The van der Waals surface area contributed by atoms with E-state index >= 15 is 0 Å². The molecule has 0 spiro atoms. The first-order valence-electron chi connectivity index (χ1n) is 6.96. The summed E-state index contributed by atoms with van der Waals surface area (Å²) in [6, 6.07) is 3.21. The van der Waals surface area contributed by atoms with E-state index in [1.807, 2.05) is 0 Å². The normalized spacial score (nSPS) is 12.5. The van der Waals surface area contributed by atoms with Gasteiger partial charge >= 0.3 is 18.3 Å². The van der Waals surface area contributed by atoms with Crippen LogP contribution in [0.3, 0.4) is 0 Å². The highest BCUT2D eigenvalue weighted by Gasteiger charge is 2.40. The highest BCUT2D eigenvalue weighted by Crippen LogP contribution is 2.26. The van der Waals surface area contributed by atoms with Crippen LogP contribution in [0.4, 0.5) is 26.3 Å². The molecule has 0 aromatic carbocycles. The molecule has 2 aromatic heterocycles. The molecule has 0 aliphatic carbocycles. The summed E-state index contributed by atoms with van der Waals surface area (Å²) in [7, 11) is 0. The van der Waals surface area contributed by atoms with Crippen molar-refractivity contribution in [1.29, 1.82) is 0 Å². The van der Waals surface area contributed by atoms with E-state index in [1.165, 1.54) is 12.3 Å². The summed E-state index contributed by atoms with van der Waals surface area (Å²) >= 11 is 0.487. The molecule has 0 aliphatic rings. The Kier molecular flexibility index (Phi) is 7.32. The minimum Gasteiger partial charge on any atom is -0.475 e. The Balaban J connectivity index is 0.000000480. The van der Waals surface area contributed by atoms with E-state index < -0.39 is 40.9 Å². The average molecular weight is 432 g/mol. The molecule has 2 heterocycles. The average Bonchev–Trinajstić information content (AvgIpc) is 3.24. The Bertz CT molecular complexity index is 828. The number of carbonyl (C=O) groups is 3. The molecule has 1 atom stereocenters. The highest BCUT2D eigenvalue weighted by atomic mass is 32.1. The molecule has 1 amide bonds. The SMILES string of the molecule is CC(NC(=O)c1ccc(C(=O)C(F)(F)F)s1)c1ccno1.O=C(O)C(F)(F)F. The number of hydrogen-bond acceptors (Lipinski definition) is 6. The van der Waals surface area contributed by atoms with E-state index in [1.54, 1.807) is 13.0 Å². The molecule has 154 valence electrons. The molecule has 0 saturated heterocycles. The maximum Gasteiger partial charge on any atom is 0.490 e. The molecule has 2 N–H and O–H groups in total. The fourth-order valence-corrected chi connectivity index (χ4v) is 2.38. The summed E-state index contributed by atoms with van der Waals surface area (Å²) in [6.45, 7) is 1.63. The fraction of sp³-hybridized carbons (Fsp3) is 0.286. The Morgan fingerprint density at radius 1 is 1.07 bits per heavy atom. The first-order valence-corrected chi connectivity index (χ1v) is 7.78. The van der Waals surface area contributed by atoms with Gasteiger partial charge in [0.05, 0.1) is 22.0 Å². The van der Waals surface area contributed by atoms with Crippen LogP contribution in [0, 0.1) is 0 Å². The number of alkyl halides is 6. The second-order valence-corrected chi connectivity index (χ2v) is 5.99. The van der Waals surface area contributed by atoms with E-state index in [4.69, 9.17) is 14.4 Å². The monoisotopic (exact) mass is 432 g/mol. The van der Waals surface area contributed by atoms with E-state index in [2.05, 4.69) is 10.5 Å². The number of carbonyl (C=O) groups excluding carboxylic acids is 2. The van der Waals surface area contributed by atoms with Gasteiger partial charge in [0.25, 0.3) is 11.7 Å². The van der Waals surface area contributed by atoms with Gasteiger partial charge in [0.1, 0.15) is 0 Å². The van der Waals surface area contributed by atoms with E-state index in [-0.39, 0.29) is 4.88 Å². The van der Waals surface area contributed by atoms with Gasteiger partial charge in [-0.15, -0.1) is 11.3 Å². The fourth-order valence-electron chi connectivity index (χ4n) is 1.51. The van der Waals surface area contributed by atoms with Gasteiger partial charge in [-0.05, 0) is 19.1 Å². The van der Waals surface area contributed by atoms with Gasteiger partial charge in [-0.25, -0.2) is 4.79 Å². The van der Waals surface area contributed by atoms with Crippen LogP contribution in [-0.2, 0) is 4.79 Å². The zero-order valence-corrected chi connectivity index (χ0v) is 14.4. The molecule has 1 unspecified atom stereocenters. The van der Waals surface area contributed by atoms with Crippen LogP contribution < -0.4 is 5.32 Å². The second kappa shape index (κ2) is 8.86. The molecule has 0 saturated carbocycles. The number of rotatable bonds is 4. The van der Waals surface area contributed by atoms with E-state index in [0.717, 1.165) is 6.07 Å². The third kappa shape index (κ3) is 6.68. The third-order valence-corrected chi connectivity index (χ3v) is 3.87. The lowest BCUT2D eigenvalue weighted by Crippen LogP contribution is -2.25. The van der Waals surface area contributed by atoms with Crippen LogP contribution in [0.25, 0.3) is 0 Å². The van der Waals surface area contributed by atoms with Crippen LogP contribution in [0.15, 0.2) is 28.9 Å². The lowest BCUT2D eigenvalue weighted by Gasteiger charge is -2.09. The largest absolute Gasteiger partial charge is 0.490 e. The smallest absolute Gasteiger partial charge is 0.475 e. The van der Waals surface area contributed by atoms with Crippen molar-refractivity contribution in [2.45, 2.75) is 25.3 Å². The van der Waals surface area contributed by atoms with Gasteiger partial charge < -0.3 is 14.9 Å². The number of Topliss-reactive ketones (excluding diaryl/α,β-unsaturated/α-hetero) is 1. The van der Waals surface area contributed by atoms with Gasteiger partial charge in [0, 0.05) is 6.07 Å². The Morgan fingerprint density at radius 3 is 2.04 bits per heavy atom. The quantitative estimate of drug-likeness (QED) is 0.564. The summed E-state index contributed by atoms with van der Waals surface area (Å²) < 4.78 is 73.4. The number of hydrogen-bond donors (Lipinski definition) is 2. The standard InChI is InChI=1S/C12H9F3N2O3S.C2HF3O2/c1-6(7-4-5-16-20-7)17-11(19)9-3-2-8(21-9)10(18)12(13,14)15;3-2(4,5)1(6)7/h2-6H,1H3,(H,17,19);(H,6,7). The summed E-state index contributed by atoms with van der Waals surface area (Å²) in [5.41, 5.74) is 0. The number of aliphatic carboxylic acids is 1. The lowest BCUT2D eigenvalue weighted by molar-refractivity contribution is -0.192. The highest BCUT2D eigenvalue weighted by molar-refractivity contribution is 7.16. The number of halogens is 6. The lowest BCUT2D eigenvalue weighted by atomic mass is 10.2. The maximum atomic E-state index is 12.3. The number of aromatic nitrogens is 1. The first-order chi connectivity index (χ1) is 12.7. The minimum atomic E-state index is -5.08. The van der Waals surface area contributed by atoms with Gasteiger partial charge in [-0.1, -0.05) is 5.16 Å². The number of ketones is 1. The first kappa shape index (κ1) is 23.1. The number of nitrogens with one attached hydrogen (secondary N) is 1. The third-order valence-electron chi connectivity index (χ3n) is 2.79. The number of carboxylic acids is 1. The van der Waals surface area contributed by atoms with E-state index in [0.29, 0.717) is 17.1 Å². The van der Waals surface area contributed by atoms with Crippen molar-refractivity contribution in [2.24, 2.45) is 0 Å². The molecule has 28 heavy (non-hydrogen) atoms. The van der Waals surface area contributed by atoms with Crippen molar-refractivity contribution >= 4 is 29.0 Å². The molecule has 14 heteroatoms. The number of thiophene rings is 1. The Hall–Kier alpha value is -2.90. The predicted octanol–water partition coefficient (Wildman–Crippen LogP) is 3.61. The summed E-state index contributed by atoms with van der Waals surface area (Å²) in [4.78, 5) is 31.3. The molecule has 2 aromatic rings. The van der Waals surface area contributed by atoms with E-state index in [9.17, 15) is 35.9 Å². The number of carboxylic acid groups (broad SMARTS) is 1.